The molecule has 1 nitrogen and oxygen atoms in total. The van der Waals surface area contributed by atoms with Crippen LogP contribution in [0.3, 0.4) is 0 Å². The van der Waals surface area contributed by atoms with Crippen molar-refractivity contribution in [1.82, 2.24) is 0 Å². The molecule has 0 aliphatic rings. The Labute approximate surface area is 76.3 Å². The Morgan fingerprint density at radius 3 is 2.33 bits per heavy atom. The summed E-state index contributed by atoms with van der Waals surface area (Å²) in [4.78, 5) is 0. The Kier molecular flexibility index (Phi) is 4.72. The molecule has 1 unspecified atom stereocenters. The molecule has 0 aliphatic heterocycles. The molecule has 0 aromatic carbocycles. The van der Waals surface area contributed by atoms with Gasteiger partial charge < -0.3 is 5.73 Å². The molecule has 1 heteroatoms. The summed E-state index contributed by atoms with van der Waals surface area (Å²) in [5.41, 5.74) is 5.60. The second-order valence-electron chi connectivity index (χ2n) is 3.95. The highest BCUT2D eigenvalue weighted by molar-refractivity contribution is 5.02. The lowest BCUT2D eigenvalue weighted by molar-refractivity contribution is 0.459. The molecule has 0 bridgehead atoms. The summed E-state index contributed by atoms with van der Waals surface area (Å²) >= 11 is 0. The Bertz CT molecular complexity index is 166. The van der Waals surface area contributed by atoms with E-state index in [1.165, 1.54) is 6.42 Å². The lowest BCUT2D eigenvalue weighted by Crippen LogP contribution is -2.05. The van der Waals surface area contributed by atoms with Gasteiger partial charge in [-0.1, -0.05) is 45.9 Å². The molecule has 1 atom stereocenters. The summed E-state index contributed by atoms with van der Waals surface area (Å²) in [6.45, 7) is 8.81. The van der Waals surface area contributed by atoms with Crippen molar-refractivity contribution in [3.63, 3.8) is 0 Å². The Morgan fingerprint density at radius 2 is 1.92 bits per heavy atom. The van der Waals surface area contributed by atoms with Crippen LogP contribution < -0.4 is 5.73 Å². The van der Waals surface area contributed by atoms with Gasteiger partial charge in [0, 0.05) is 0 Å². The van der Waals surface area contributed by atoms with Gasteiger partial charge in [0.2, 0.25) is 0 Å². The maximum absolute atomic E-state index is 5.29. The van der Waals surface area contributed by atoms with Gasteiger partial charge in [-0.3, -0.25) is 0 Å². The third kappa shape index (κ3) is 5.00. The van der Waals surface area contributed by atoms with Crippen LogP contribution in [-0.4, -0.2) is 0 Å². The summed E-state index contributed by atoms with van der Waals surface area (Å²) in [5, 5.41) is 0. The normalized spacial score (nSPS) is 16.0. The molecule has 70 valence electrons. The van der Waals surface area contributed by atoms with Crippen LogP contribution in [0.1, 0.15) is 34.1 Å². The quantitative estimate of drug-likeness (QED) is 0.640. The standard InChI is InChI=1S/C11H21N/c1-5-11(3,4)8-6-10(2)7-9-12/h6-10H,5,12H2,1-4H3/b8-6-,9-7-. The molecule has 12 heavy (non-hydrogen) atoms. The average molecular weight is 167 g/mol. The number of hydrogen-bond acceptors (Lipinski definition) is 1. The van der Waals surface area contributed by atoms with Gasteiger partial charge in [-0.05, 0) is 24.0 Å². The molecule has 0 saturated carbocycles. The van der Waals surface area contributed by atoms with E-state index in [0.717, 1.165) is 0 Å². The first-order valence-electron chi connectivity index (χ1n) is 4.59. The molecule has 0 aromatic rings. The van der Waals surface area contributed by atoms with Gasteiger partial charge in [-0.25, -0.2) is 0 Å². The molecule has 0 aromatic heterocycles. The van der Waals surface area contributed by atoms with Gasteiger partial charge in [0.1, 0.15) is 0 Å². The largest absolute Gasteiger partial charge is 0.405 e. The van der Waals surface area contributed by atoms with Gasteiger partial charge in [-0.15, -0.1) is 0 Å². The number of rotatable bonds is 4. The highest BCUT2D eigenvalue weighted by Gasteiger charge is 2.09. The predicted molar refractivity (Wildman–Crippen MR) is 55.7 cm³/mol. The average Bonchev–Trinajstić information content (AvgIpc) is 2.02. The molecular formula is C11H21N. The Morgan fingerprint density at radius 1 is 1.33 bits per heavy atom. The zero-order chi connectivity index (χ0) is 9.61. The van der Waals surface area contributed by atoms with Crippen LogP contribution in [0.4, 0.5) is 0 Å². The second kappa shape index (κ2) is 5.02. The highest BCUT2D eigenvalue weighted by Crippen LogP contribution is 2.22. The molecule has 0 amide bonds. The van der Waals surface area contributed by atoms with Crippen molar-refractivity contribution in [3.8, 4) is 0 Å². The van der Waals surface area contributed by atoms with Crippen molar-refractivity contribution in [2.45, 2.75) is 34.1 Å². The Hall–Kier alpha value is -0.720. The third-order valence-electron chi connectivity index (χ3n) is 2.18. The fourth-order valence-electron chi connectivity index (χ4n) is 0.770. The lowest BCUT2D eigenvalue weighted by atomic mass is 9.89. The summed E-state index contributed by atoms with van der Waals surface area (Å²) in [5.74, 6) is 0.445. The molecule has 0 heterocycles. The van der Waals surface area contributed by atoms with Crippen molar-refractivity contribution >= 4 is 0 Å². The van der Waals surface area contributed by atoms with Gasteiger partial charge in [0.15, 0.2) is 0 Å². The lowest BCUT2D eigenvalue weighted by Gasteiger charge is -2.17. The van der Waals surface area contributed by atoms with Gasteiger partial charge in [0.05, 0.1) is 0 Å². The van der Waals surface area contributed by atoms with E-state index >= 15 is 0 Å². The minimum absolute atomic E-state index is 0.316. The topological polar surface area (TPSA) is 26.0 Å². The highest BCUT2D eigenvalue weighted by atomic mass is 14.5. The fourth-order valence-corrected chi connectivity index (χ4v) is 0.770. The molecule has 2 N–H and O–H groups in total. The molecule has 0 saturated heterocycles. The molecule has 0 fully saturated rings. The van der Waals surface area contributed by atoms with E-state index < -0.39 is 0 Å². The second-order valence-corrected chi connectivity index (χ2v) is 3.95. The van der Waals surface area contributed by atoms with Crippen LogP contribution in [-0.2, 0) is 0 Å². The van der Waals surface area contributed by atoms with Gasteiger partial charge in [-0.2, -0.15) is 0 Å². The number of allylic oxidation sites excluding steroid dienone is 3. The van der Waals surface area contributed by atoms with E-state index in [9.17, 15) is 0 Å². The van der Waals surface area contributed by atoms with Crippen LogP contribution in [0.25, 0.3) is 0 Å². The van der Waals surface area contributed by atoms with Crippen molar-refractivity contribution in [3.05, 3.63) is 24.4 Å². The maximum atomic E-state index is 5.29. The predicted octanol–water partition coefficient (Wildman–Crippen LogP) is 3.09. The summed E-state index contributed by atoms with van der Waals surface area (Å²) in [6, 6.07) is 0. The van der Waals surface area contributed by atoms with Crippen LogP contribution in [0, 0.1) is 11.3 Å². The molecular weight excluding hydrogens is 146 g/mol. The monoisotopic (exact) mass is 167 g/mol. The van der Waals surface area contributed by atoms with E-state index in [0.29, 0.717) is 11.3 Å². The number of hydrogen-bond donors (Lipinski definition) is 1. The van der Waals surface area contributed by atoms with Crippen LogP contribution >= 0.6 is 0 Å². The first-order valence-corrected chi connectivity index (χ1v) is 4.59. The SMILES string of the molecule is CCC(C)(C)/C=C\C(C)/C=C\N. The van der Waals surface area contributed by atoms with Gasteiger partial charge in [0.25, 0.3) is 0 Å². The zero-order valence-electron chi connectivity index (χ0n) is 8.67. The third-order valence-corrected chi connectivity index (χ3v) is 2.18. The summed E-state index contributed by atoms with van der Waals surface area (Å²) < 4.78 is 0. The van der Waals surface area contributed by atoms with Crippen molar-refractivity contribution < 1.29 is 0 Å². The van der Waals surface area contributed by atoms with Gasteiger partial charge >= 0.3 is 0 Å². The fraction of sp³-hybridized carbons (Fsp3) is 0.636. The van der Waals surface area contributed by atoms with Crippen LogP contribution in [0.5, 0.6) is 0 Å². The van der Waals surface area contributed by atoms with Crippen LogP contribution in [0.2, 0.25) is 0 Å². The summed E-state index contributed by atoms with van der Waals surface area (Å²) in [7, 11) is 0. The van der Waals surface area contributed by atoms with E-state index in [4.69, 9.17) is 5.73 Å². The Balaban J connectivity index is 4.05. The minimum Gasteiger partial charge on any atom is -0.405 e. The minimum atomic E-state index is 0.316. The first-order chi connectivity index (χ1) is 5.52. The van der Waals surface area contributed by atoms with Crippen molar-refractivity contribution in [1.29, 1.82) is 0 Å². The smallest absolute Gasteiger partial charge is 0.00645 e. The molecule has 0 spiro atoms. The van der Waals surface area contributed by atoms with E-state index in [1.54, 1.807) is 6.20 Å². The molecule has 0 rings (SSSR count). The van der Waals surface area contributed by atoms with E-state index in [-0.39, 0.29) is 0 Å². The molecule has 0 radical (unpaired) electrons. The maximum Gasteiger partial charge on any atom is -0.00645 e. The zero-order valence-corrected chi connectivity index (χ0v) is 8.67. The van der Waals surface area contributed by atoms with Crippen LogP contribution in [0.15, 0.2) is 24.4 Å². The van der Waals surface area contributed by atoms with Crippen molar-refractivity contribution in [2.24, 2.45) is 17.1 Å². The molecule has 0 aliphatic carbocycles. The van der Waals surface area contributed by atoms with Crippen molar-refractivity contribution in [2.75, 3.05) is 0 Å². The van der Waals surface area contributed by atoms with E-state index in [2.05, 4.69) is 39.8 Å². The summed E-state index contributed by atoms with van der Waals surface area (Å²) in [6.07, 6.45) is 9.23. The first kappa shape index (κ1) is 11.3. The number of nitrogens with two attached hydrogens (primary N) is 1. The van der Waals surface area contributed by atoms with E-state index in [1.807, 2.05) is 6.08 Å².